The minimum atomic E-state index is -0.186. The highest BCUT2D eigenvalue weighted by Gasteiger charge is 2.16. The second-order valence-electron chi connectivity index (χ2n) is 7.96. The zero-order chi connectivity index (χ0) is 21.9. The maximum Gasteiger partial charge on any atom is 0.259 e. The van der Waals surface area contributed by atoms with E-state index < -0.39 is 0 Å². The summed E-state index contributed by atoms with van der Waals surface area (Å²) in [6.07, 6.45) is 3.96. The quantitative estimate of drug-likeness (QED) is 0.442. The van der Waals surface area contributed by atoms with E-state index in [1.165, 1.54) is 5.56 Å². The van der Waals surface area contributed by atoms with Gasteiger partial charge in [0.1, 0.15) is 5.82 Å². The number of hydrogen-bond donors (Lipinski definition) is 3. The molecule has 0 bridgehead atoms. The normalized spacial score (nSPS) is 14.4. The molecule has 1 aromatic carbocycles. The Kier molecular flexibility index (Phi) is 5.56. The lowest BCUT2D eigenvalue weighted by atomic mass is 9.90. The molecule has 3 N–H and O–H groups in total. The van der Waals surface area contributed by atoms with E-state index in [4.69, 9.17) is 9.72 Å². The van der Waals surface area contributed by atoms with Crippen molar-refractivity contribution in [2.24, 2.45) is 0 Å². The fourth-order valence-electron chi connectivity index (χ4n) is 4.24. The van der Waals surface area contributed by atoms with Gasteiger partial charge in [-0.05, 0) is 73.1 Å². The van der Waals surface area contributed by atoms with Crippen LogP contribution in [0.3, 0.4) is 0 Å². The lowest BCUT2D eigenvalue weighted by Gasteiger charge is -2.23. The van der Waals surface area contributed by atoms with Crippen LogP contribution < -0.4 is 20.9 Å². The number of ether oxygens (including phenoxy) is 1. The van der Waals surface area contributed by atoms with Crippen molar-refractivity contribution in [3.63, 3.8) is 0 Å². The standard InChI is InChI=1S/C25H25N5O2/c1-32-22-4-2-3-20(29-22)21-15-18-11-14-27-25(31)23(18)24(30-21)28-19-7-5-16(6-8-19)17-9-12-26-13-10-17/h2-8,11,14-15,17,26H,9-10,12-13H2,1H3,(H,27,31)(H,28,30). The average molecular weight is 428 g/mol. The maximum absolute atomic E-state index is 12.6. The molecule has 4 heterocycles. The molecule has 0 aliphatic carbocycles. The third-order valence-corrected chi connectivity index (χ3v) is 5.93. The van der Waals surface area contributed by atoms with Crippen molar-refractivity contribution >= 4 is 22.3 Å². The number of piperidine rings is 1. The van der Waals surface area contributed by atoms with E-state index in [-0.39, 0.29) is 5.56 Å². The molecule has 0 amide bonds. The molecule has 162 valence electrons. The Hall–Kier alpha value is -3.71. The summed E-state index contributed by atoms with van der Waals surface area (Å²) in [5, 5.41) is 8.07. The molecule has 1 saturated heterocycles. The summed E-state index contributed by atoms with van der Waals surface area (Å²) < 4.78 is 5.26. The predicted molar refractivity (Wildman–Crippen MR) is 127 cm³/mol. The van der Waals surface area contributed by atoms with Gasteiger partial charge in [-0.25, -0.2) is 9.97 Å². The van der Waals surface area contributed by atoms with Crippen LogP contribution in [0, 0.1) is 0 Å². The van der Waals surface area contributed by atoms with E-state index in [1.807, 2.05) is 24.3 Å². The fraction of sp³-hybridized carbons (Fsp3) is 0.240. The Balaban J connectivity index is 1.53. The van der Waals surface area contributed by atoms with E-state index in [2.05, 4.69) is 44.9 Å². The van der Waals surface area contributed by atoms with E-state index in [0.29, 0.717) is 34.4 Å². The van der Waals surface area contributed by atoms with Crippen LogP contribution in [0.5, 0.6) is 5.88 Å². The van der Waals surface area contributed by atoms with Crippen molar-refractivity contribution in [2.45, 2.75) is 18.8 Å². The molecule has 3 aromatic heterocycles. The van der Waals surface area contributed by atoms with Crippen molar-refractivity contribution in [1.82, 2.24) is 20.3 Å². The summed E-state index contributed by atoms with van der Waals surface area (Å²) in [7, 11) is 1.58. The Morgan fingerprint density at radius 3 is 2.59 bits per heavy atom. The van der Waals surface area contributed by atoms with Gasteiger partial charge in [0.15, 0.2) is 0 Å². The van der Waals surface area contributed by atoms with Crippen molar-refractivity contribution < 1.29 is 4.74 Å². The third-order valence-electron chi connectivity index (χ3n) is 5.93. The second-order valence-corrected chi connectivity index (χ2v) is 7.96. The van der Waals surface area contributed by atoms with Gasteiger partial charge in [-0.1, -0.05) is 18.2 Å². The van der Waals surface area contributed by atoms with Crippen LogP contribution in [0.1, 0.15) is 24.3 Å². The first-order valence-corrected chi connectivity index (χ1v) is 10.8. The van der Waals surface area contributed by atoms with Gasteiger partial charge in [0.25, 0.3) is 5.56 Å². The lowest BCUT2D eigenvalue weighted by Crippen LogP contribution is -2.26. The molecule has 4 aromatic rings. The SMILES string of the molecule is COc1cccc(-c2cc3cc[nH]c(=O)c3c(Nc3ccc(C4CCNCC4)cc3)n2)n1. The number of methoxy groups -OCH3 is 1. The summed E-state index contributed by atoms with van der Waals surface area (Å²) in [6.45, 7) is 2.13. The third kappa shape index (κ3) is 4.07. The predicted octanol–water partition coefficient (Wildman–Crippen LogP) is 4.20. The average Bonchev–Trinajstić information content (AvgIpc) is 2.85. The van der Waals surface area contributed by atoms with E-state index in [0.717, 1.165) is 37.0 Å². The summed E-state index contributed by atoms with van der Waals surface area (Å²) >= 11 is 0. The van der Waals surface area contributed by atoms with Gasteiger partial charge >= 0.3 is 0 Å². The van der Waals surface area contributed by atoms with Crippen LogP contribution in [0.2, 0.25) is 0 Å². The molecule has 5 rings (SSSR count). The van der Waals surface area contributed by atoms with Crippen LogP contribution in [-0.4, -0.2) is 35.2 Å². The molecule has 1 aliphatic rings. The molecule has 0 atom stereocenters. The smallest absolute Gasteiger partial charge is 0.259 e. The number of rotatable bonds is 5. The first-order chi connectivity index (χ1) is 15.7. The Morgan fingerprint density at radius 1 is 1.00 bits per heavy atom. The van der Waals surface area contributed by atoms with Crippen LogP contribution in [0.4, 0.5) is 11.5 Å². The number of H-pyrrole nitrogens is 1. The van der Waals surface area contributed by atoms with Crippen LogP contribution in [0.15, 0.2) is 65.6 Å². The van der Waals surface area contributed by atoms with E-state index >= 15 is 0 Å². The van der Waals surface area contributed by atoms with E-state index in [9.17, 15) is 4.79 Å². The minimum absolute atomic E-state index is 0.186. The maximum atomic E-state index is 12.6. The zero-order valence-corrected chi connectivity index (χ0v) is 17.9. The van der Waals surface area contributed by atoms with Crippen molar-refractivity contribution in [3.8, 4) is 17.3 Å². The number of aromatic nitrogens is 3. The summed E-state index contributed by atoms with van der Waals surface area (Å²) in [5.74, 6) is 1.60. The van der Waals surface area contributed by atoms with E-state index in [1.54, 1.807) is 19.4 Å². The Labute approximate surface area is 185 Å². The lowest BCUT2D eigenvalue weighted by molar-refractivity contribution is 0.398. The van der Waals surface area contributed by atoms with Gasteiger partial charge in [0, 0.05) is 18.0 Å². The van der Waals surface area contributed by atoms with Crippen LogP contribution in [0.25, 0.3) is 22.2 Å². The number of fused-ring (bicyclic) bond motifs is 1. The highest BCUT2D eigenvalue weighted by molar-refractivity contribution is 5.94. The monoisotopic (exact) mass is 427 g/mol. The Bertz CT molecular complexity index is 1290. The summed E-state index contributed by atoms with van der Waals surface area (Å²) in [4.78, 5) is 24.6. The number of benzene rings is 1. The number of nitrogens with one attached hydrogen (secondary N) is 3. The first kappa shape index (κ1) is 20.2. The molecule has 7 nitrogen and oxygen atoms in total. The van der Waals surface area contributed by atoms with Gasteiger partial charge in [-0.3, -0.25) is 4.79 Å². The number of pyridine rings is 3. The molecule has 0 spiro atoms. The summed E-state index contributed by atoms with van der Waals surface area (Å²) in [5.41, 5.74) is 3.39. The van der Waals surface area contributed by atoms with Gasteiger partial charge in [0.05, 0.1) is 23.9 Å². The van der Waals surface area contributed by atoms with Crippen molar-refractivity contribution in [1.29, 1.82) is 0 Å². The molecule has 1 aliphatic heterocycles. The number of hydrogen-bond acceptors (Lipinski definition) is 6. The minimum Gasteiger partial charge on any atom is -0.481 e. The molecule has 1 fully saturated rings. The molecule has 7 heteroatoms. The van der Waals surface area contributed by atoms with Crippen LogP contribution >= 0.6 is 0 Å². The number of aromatic amines is 1. The molecule has 0 saturated carbocycles. The molecular weight excluding hydrogens is 402 g/mol. The molecule has 0 radical (unpaired) electrons. The van der Waals surface area contributed by atoms with Crippen molar-refractivity contribution in [2.75, 3.05) is 25.5 Å². The van der Waals surface area contributed by atoms with Crippen LogP contribution in [-0.2, 0) is 0 Å². The van der Waals surface area contributed by atoms with Gasteiger partial charge in [0.2, 0.25) is 5.88 Å². The molecular formula is C25H25N5O2. The topological polar surface area (TPSA) is 91.9 Å². The fourth-order valence-corrected chi connectivity index (χ4v) is 4.24. The van der Waals surface area contributed by atoms with Gasteiger partial charge < -0.3 is 20.4 Å². The van der Waals surface area contributed by atoms with Gasteiger partial charge in [-0.2, -0.15) is 0 Å². The van der Waals surface area contributed by atoms with Gasteiger partial charge in [-0.15, -0.1) is 0 Å². The molecule has 0 unspecified atom stereocenters. The number of nitrogens with zero attached hydrogens (tertiary/aromatic N) is 2. The van der Waals surface area contributed by atoms with Crippen molar-refractivity contribution in [3.05, 3.63) is 76.7 Å². The highest BCUT2D eigenvalue weighted by atomic mass is 16.5. The Morgan fingerprint density at radius 2 is 1.81 bits per heavy atom. The molecule has 32 heavy (non-hydrogen) atoms. The highest BCUT2D eigenvalue weighted by Crippen LogP contribution is 2.30. The largest absolute Gasteiger partial charge is 0.481 e. The zero-order valence-electron chi connectivity index (χ0n) is 17.9. The number of anilines is 2. The first-order valence-electron chi connectivity index (χ1n) is 10.8. The second kappa shape index (κ2) is 8.80. The summed E-state index contributed by atoms with van der Waals surface area (Å²) in [6, 6.07) is 17.7.